The lowest BCUT2D eigenvalue weighted by Gasteiger charge is -2.18. The molecule has 0 aliphatic carbocycles. The molecular formula is C15H14BrN5O. The highest BCUT2D eigenvalue weighted by Gasteiger charge is 2.17. The zero-order chi connectivity index (χ0) is 15.4. The van der Waals surface area contributed by atoms with Gasteiger partial charge in [0.25, 0.3) is 5.91 Å². The minimum Gasteiger partial charge on any atom is -0.356 e. The normalized spacial score (nSPS) is 12.0. The smallest absolute Gasteiger partial charge is 0.268 e. The van der Waals surface area contributed by atoms with Gasteiger partial charge in [-0.25, -0.2) is 4.98 Å². The molecule has 0 bridgehead atoms. The quantitative estimate of drug-likeness (QED) is 0.734. The number of aromatic nitrogens is 4. The fourth-order valence-electron chi connectivity index (χ4n) is 2.17. The molecule has 6 nitrogen and oxygen atoms in total. The Balaban J connectivity index is 1.80. The number of nitrogens with zero attached hydrogens (tertiary/aromatic N) is 3. The van der Waals surface area contributed by atoms with Crippen molar-refractivity contribution in [2.24, 2.45) is 0 Å². The second-order valence-corrected chi connectivity index (χ2v) is 5.70. The lowest BCUT2D eigenvalue weighted by Crippen LogP contribution is -2.31. The van der Waals surface area contributed by atoms with Crippen LogP contribution in [0.5, 0.6) is 0 Å². The molecule has 3 aromatic rings. The van der Waals surface area contributed by atoms with Gasteiger partial charge in [0.05, 0.1) is 12.6 Å². The molecule has 0 aliphatic rings. The van der Waals surface area contributed by atoms with Crippen molar-refractivity contribution >= 4 is 21.8 Å². The molecule has 0 fully saturated rings. The summed E-state index contributed by atoms with van der Waals surface area (Å²) in [6, 6.07) is 11.3. The van der Waals surface area contributed by atoms with Gasteiger partial charge >= 0.3 is 0 Å². The van der Waals surface area contributed by atoms with Gasteiger partial charge in [-0.3, -0.25) is 9.48 Å². The molecule has 1 amide bonds. The molecule has 7 heteroatoms. The highest BCUT2D eigenvalue weighted by Crippen LogP contribution is 2.16. The average molecular weight is 360 g/mol. The maximum absolute atomic E-state index is 12.4. The van der Waals surface area contributed by atoms with Crippen LogP contribution >= 0.6 is 15.9 Å². The molecule has 0 radical (unpaired) electrons. The predicted molar refractivity (Wildman–Crippen MR) is 85.2 cm³/mol. The van der Waals surface area contributed by atoms with Crippen LogP contribution in [0.15, 0.2) is 59.7 Å². The van der Waals surface area contributed by atoms with Crippen molar-refractivity contribution in [2.75, 3.05) is 0 Å². The molecule has 112 valence electrons. The van der Waals surface area contributed by atoms with Gasteiger partial charge in [0.2, 0.25) is 0 Å². The van der Waals surface area contributed by atoms with Crippen molar-refractivity contribution in [3.63, 3.8) is 0 Å². The Bertz CT molecular complexity index is 738. The summed E-state index contributed by atoms with van der Waals surface area (Å²) < 4.78 is 2.54. The second kappa shape index (κ2) is 6.57. The molecule has 2 aromatic heterocycles. The Morgan fingerprint density at radius 1 is 1.36 bits per heavy atom. The molecule has 0 saturated heterocycles. The number of hydrogen-bond acceptors (Lipinski definition) is 3. The van der Waals surface area contributed by atoms with Crippen LogP contribution in [-0.4, -0.2) is 25.7 Å². The fraction of sp³-hybridized carbons (Fsp3) is 0.133. The van der Waals surface area contributed by atoms with Crippen LogP contribution in [-0.2, 0) is 6.54 Å². The number of aromatic amines is 1. The van der Waals surface area contributed by atoms with Crippen molar-refractivity contribution in [2.45, 2.75) is 12.6 Å². The van der Waals surface area contributed by atoms with Gasteiger partial charge in [-0.05, 0) is 27.6 Å². The van der Waals surface area contributed by atoms with E-state index in [9.17, 15) is 4.79 Å². The first-order valence-corrected chi connectivity index (χ1v) is 7.54. The van der Waals surface area contributed by atoms with Crippen LogP contribution in [0.1, 0.15) is 22.1 Å². The molecule has 3 rings (SSSR count). The number of halogens is 1. The Hall–Kier alpha value is -2.41. The summed E-state index contributed by atoms with van der Waals surface area (Å²) in [6.07, 6.45) is 4.84. The van der Waals surface area contributed by atoms with E-state index in [-0.39, 0.29) is 11.9 Å². The summed E-state index contributed by atoms with van der Waals surface area (Å²) in [5, 5.41) is 7.13. The number of rotatable bonds is 5. The van der Waals surface area contributed by atoms with Crippen molar-refractivity contribution in [1.82, 2.24) is 25.1 Å². The SMILES string of the molecule is O=C(NC(Cn1cncn1)c1ccccc1)c1cc(Br)c[nH]1. The summed E-state index contributed by atoms with van der Waals surface area (Å²) in [6.45, 7) is 0.512. The number of amides is 1. The van der Waals surface area contributed by atoms with E-state index in [1.54, 1.807) is 23.3 Å². The number of carbonyl (C=O) groups is 1. The molecule has 0 saturated carbocycles. The topological polar surface area (TPSA) is 75.6 Å². The molecule has 2 N–H and O–H groups in total. The van der Waals surface area contributed by atoms with Gasteiger partial charge in [0, 0.05) is 10.7 Å². The van der Waals surface area contributed by atoms with Gasteiger partial charge in [-0.1, -0.05) is 30.3 Å². The molecular weight excluding hydrogens is 346 g/mol. The third kappa shape index (κ3) is 3.43. The van der Waals surface area contributed by atoms with E-state index in [0.717, 1.165) is 10.0 Å². The Morgan fingerprint density at radius 2 is 2.18 bits per heavy atom. The first-order chi connectivity index (χ1) is 10.7. The third-order valence-electron chi connectivity index (χ3n) is 3.24. The summed E-state index contributed by atoms with van der Waals surface area (Å²) in [4.78, 5) is 19.2. The van der Waals surface area contributed by atoms with Gasteiger partial charge < -0.3 is 10.3 Å². The van der Waals surface area contributed by atoms with E-state index >= 15 is 0 Å². The number of benzene rings is 1. The first-order valence-electron chi connectivity index (χ1n) is 6.74. The number of H-pyrrole nitrogens is 1. The minimum absolute atomic E-state index is 0.167. The van der Waals surface area contributed by atoms with Crippen molar-refractivity contribution in [1.29, 1.82) is 0 Å². The lowest BCUT2D eigenvalue weighted by atomic mass is 10.1. The molecule has 1 unspecified atom stereocenters. The zero-order valence-electron chi connectivity index (χ0n) is 11.6. The highest BCUT2D eigenvalue weighted by molar-refractivity contribution is 9.10. The highest BCUT2D eigenvalue weighted by atomic mass is 79.9. The average Bonchev–Trinajstić information content (AvgIpc) is 3.19. The van der Waals surface area contributed by atoms with Crippen molar-refractivity contribution in [3.05, 3.63) is 71.0 Å². The van der Waals surface area contributed by atoms with Crippen LogP contribution in [0.2, 0.25) is 0 Å². The fourth-order valence-corrected chi connectivity index (χ4v) is 2.51. The van der Waals surface area contributed by atoms with E-state index in [0.29, 0.717) is 12.2 Å². The maximum atomic E-state index is 12.4. The van der Waals surface area contributed by atoms with Crippen molar-refractivity contribution < 1.29 is 4.79 Å². The summed E-state index contributed by atoms with van der Waals surface area (Å²) in [7, 11) is 0. The molecule has 0 spiro atoms. The van der Waals surface area contributed by atoms with Crippen molar-refractivity contribution in [3.8, 4) is 0 Å². The van der Waals surface area contributed by atoms with E-state index < -0.39 is 0 Å². The monoisotopic (exact) mass is 359 g/mol. The summed E-state index contributed by atoms with van der Waals surface area (Å²) in [5.74, 6) is -0.167. The number of carbonyl (C=O) groups excluding carboxylic acids is 1. The van der Waals surface area contributed by atoms with Gasteiger partial charge in [0.15, 0.2) is 0 Å². The Morgan fingerprint density at radius 3 is 2.82 bits per heavy atom. The largest absolute Gasteiger partial charge is 0.356 e. The molecule has 0 aliphatic heterocycles. The molecule has 1 atom stereocenters. The summed E-state index contributed by atoms with van der Waals surface area (Å²) in [5.41, 5.74) is 1.52. The van der Waals surface area contributed by atoms with E-state index in [1.165, 1.54) is 6.33 Å². The van der Waals surface area contributed by atoms with Crippen LogP contribution in [0.3, 0.4) is 0 Å². The van der Waals surface area contributed by atoms with E-state index in [1.807, 2.05) is 30.3 Å². The maximum Gasteiger partial charge on any atom is 0.268 e. The van der Waals surface area contributed by atoms with Crippen LogP contribution < -0.4 is 5.32 Å². The van der Waals surface area contributed by atoms with Crippen LogP contribution in [0.25, 0.3) is 0 Å². The molecule has 2 heterocycles. The van der Waals surface area contributed by atoms with Gasteiger partial charge in [-0.15, -0.1) is 0 Å². The standard InChI is InChI=1S/C15H14BrN5O/c16-12-6-13(18-7-12)15(22)20-14(8-21-10-17-9-19-21)11-4-2-1-3-5-11/h1-7,9-10,14,18H,8H2,(H,20,22). The third-order valence-corrected chi connectivity index (χ3v) is 3.69. The van der Waals surface area contributed by atoms with E-state index in [4.69, 9.17) is 0 Å². The van der Waals surface area contributed by atoms with E-state index in [2.05, 4.69) is 36.3 Å². The summed E-state index contributed by atoms with van der Waals surface area (Å²) >= 11 is 3.33. The number of hydrogen-bond donors (Lipinski definition) is 2. The van der Waals surface area contributed by atoms with Gasteiger partial charge in [-0.2, -0.15) is 5.10 Å². The second-order valence-electron chi connectivity index (χ2n) is 4.79. The number of nitrogens with one attached hydrogen (secondary N) is 2. The zero-order valence-corrected chi connectivity index (χ0v) is 13.2. The van der Waals surface area contributed by atoms with Gasteiger partial charge in [0.1, 0.15) is 18.3 Å². The van der Waals surface area contributed by atoms with Crippen LogP contribution in [0, 0.1) is 0 Å². The predicted octanol–water partition coefficient (Wildman–Crippen LogP) is 2.54. The molecule has 1 aromatic carbocycles. The lowest BCUT2D eigenvalue weighted by molar-refractivity contribution is 0.0927. The Labute approximate surface area is 135 Å². The Kier molecular flexibility index (Phi) is 4.34. The first kappa shape index (κ1) is 14.5. The van der Waals surface area contributed by atoms with Crippen LogP contribution in [0.4, 0.5) is 0 Å². The minimum atomic E-state index is -0.197. The molecule has 22 heavy (non-hydrogen) atoms.